The maximum atomic E-state index is 4.70. The van der Waals surface area contributed by atoms with Crippen molar-refractivity contribution in [1.82, 2.24) is 35.0 Å². The third-order valence-electron chi connectivity index (χ3n) is 4.47. The zero-order valence-corrected chi connectivity index (χ0v) is 15.8. The molecule has 2 N–H and O–H groups in total. The highest BCUT2D eigenvalue weighted by atomic mass is 32.1. The van der Waals surface area contributed by atoms with Crippen LogP contribution in [0, 0.1) is 6.92 Å². The first-order valence-corrected chi connectivity index (χ1v) is 9.70. The predicted octanol–water partition coefficient (Wildman–Crippen LogP) is 3.00. The third-order valence-corrected chi connectivity index (χ3v) is 5.46. The van der Waals surface area contributed by atoms with Crippen LogP contribution in [-0.2, 0) is 13.0 Å². The fourth-order valence-electron chi connectivity index (χ4n) is 3.31. The molecule has 26 heavy (non-hydrogen) atoms. The van der Waals surface area contributed by atoms with Gasteiger partial charge in [0.1, 0.15) is 22.5 Å². The minimum atomic E-state index is 0.281. The van der Waals surface area contributed by atoms with Gasteiger partial charge in [0.15, 0.2) is 0 Å². The number of aromatic nitrogens is 6. The highest BCUT2D eigenvalue weighted by Crippen LogP contribution is 2.33. The van der Waals surface area contributed by atoms with E-state index < -0.39 is 0 Å². The Morgan fingerprint density at radius 3 is 3.04 bits per heavy atom. The van der Waals surface area contributed by atoms with Gasteiger partial charge >= 0.3 is 0 Å². The molecular weight excluding hydrogens is 348 g/mol. The van der Waals surface area contributed by atoms with Gasteiger partial charge in [0, 0.05) is 18.5 Å². The summed E-state index contributed by atoms with van der Waals surface area (Å²) in [5.41, 5.74) is 1.05. The predicted molar refractivity (Wildman–Crippen MR) is 100 cm³/mol. The van der Waals surface area contributed by atoms with Gasteiger partial charge in [-0.3, -0.25) is 4.90 Å². The molecule has 4 rings (SSSR count). The molecule has 0 radical (unpaired) electrons. The van der Waals surface area contributed by atoms with Gasteiger partial charge in [-0.15, -0.1) is 10.2 Å². The Hall–Kier alpha value is -2.39. The lowest BCUT2D eigenvalue weighted by molar-refractivity contribution is 0.238. The Labute approximate surface area is 156 Å². The van der Waals surface area contributed by atoms with Crippen molar-refractivity contribution >= 4 is 22.3 Å². The number of hydrogen-bond donors (Lipinski definition) is 2. The Balaban J connectivity index is 1.54. The zero-order valence-electron chi connectivity index (χ0n) is 14.9. The van der Waals surface area contributed by atoms with Crippen molar-refractivity contribution in [3.05, 3.63) is 40.8 Å². The number of likely N-dealkylation sites (tertiary alicyclic amines) is 1. The molecule has 0 saturated carbocycles. The van der Waals surface area contributed by atoms with Crippen molar-refractivity contribution in [2.24, 2.45) is 0 Å². The molecule has 1 aliphatic rings. The Morgan fingerprint density at radius 2 is 2.27 bits per heavy atom. The van der Waals surface area contributed by atoms with Crippen molar-refractivity contribution in [3.63, 3.8) is 0 Å². The van der Waals surface area contributed by atoms with E-state index in [9.17, 15) is 0 Å². The first-order valence-electron chi connectivity index (χ1n) is 8.88. The molecule has 136 valence electrons. The summed E-state index contributed by atoms with van der Waals surface area (Å²) in [4.78, 5) is 19.2. The summed E-state index contributed by atoms with van der Waals surface area (Å²) < 4.78 is 0. The van der Waals surface area contributed by atoms with Gasteiger partial charge in [-0.2, -0.15) is 0 Å². The largest absolute Gasteiger partial charge is 0.348 e. The molecule has 0 unspecified atom stereocenters. The van der Waals surface area contributed by atoms with E-state index in [1.165, 1.54) is 0 Å². The molecule has 4 heterocycles. The molecule has 0 spiro atoms. The summed E-state index contributed by atoms with van der Waals surface area (Å²) in [5, 5.41) is 13.4. The second-order valence-electron chi connectivity index (χ2n) is 6.37. The molecule has 0 bridgehead atoms. The molecule has 0 amide bonds. The van der Waals surface area contributed by atoms with Crippen LogP contribution in [0.25, 0.3) is 0 Å². The van der Waals surface area contributed by atoms with Gasteiger partial charge < -0.3 is 10.3 Å². The second-order valence-corrected chi connectivity index (χ2v) is 7.43. The SMILES string of the molecule is CCc1nnc(Nc2cc([C@H]3CCCN3Cc3ncc[nH]3)nc(C)n2)s1. The third kappa shape index (κ3) is 3.73. The minimum Gasteiger partial charge on any atom is -0.348 e. The first kappa shape index (κ1) is 17.0. The maximum absolute atomic E-state index is 4.70. The summed E-state index contributed by atoms with van der Waals surface area (Å²) in [6.07, 6.45) is 6.80. The molecular formula is C17H22N8S. The highest BCUT2D eigenvalue weighted by Gasteiger charge is 2.28. The quantitative estimate of drug-likeness (QED) is 0.688. The van der Waals surface area contributed by atoms with Crippen molar-refractivity contribution < 1.29 is 0 Å². The number of nitrogens with one attached hydrogen (secondary N) is 2. The van der Waals surface area contributed by atoms with Crippen LogP contribution >= 0.6 is 11.3 Å². The average Bonchev–Trinajstić information content (AvgIpc) is 3.36. The minimum absolute atomic E-state index is 0.281. The molecule has 3 aromatic rings. The van der Waals surface area contributed by atoms with Crippen LogP contribution in [0.1, 0.15) is 48.2 Å². The number of nitrogens with zero attached hydrogens (tertiary/aromatic N) is 6. The van der Waals surface area contributed by atoms with E-state index in [4.69, 9.17) is 4.98 Å². The van der Waals surface area contributed by atoms with E-state index in [1.807, 2.05) is 19.2 Å². The smallest absolute Gasteiger partial charge is 0.211 e. The number of H-pyrrole nitrogens is 1. The maximum Gasteiger partial charge on any atom is 0.211 e. The molecule has 9 heteroatoms. The van der Waals surface area contributed by atoms with Crippen LogP contribution in [0.4, 0.5) is 10.9 Å². The van der Waals surface area contributed by atoms with Crippen molar-refractivity contribution in [1.29, 1.82) is 0 Å². The van der Waals surface area contributed by atoms with Gasteiger partial charge in [0.05, 0.1) is 18.3 Å². The van der Waals surface area contributed by atoms with Gasteiger partial charge in [-0.25, -0.2) is 15.0 Å². The van der Waals surface area contributed by atoms with E-state index in [0.717, 1.165) is 65.7 Å². The topological polar surface area (TPSA) is 95.5 Å². The number of rotatable bonds is 6. The molecule has 3 aromatic heterocycles. The number of hydrogen-bond acceptors (Lipinski definition) is 8. The Kier molecular flexibility index (Phi) is 4.89. The lowest BCUT2D eigenvalue weighted by Gasteiger charge is -2.23. The van der Waals surface area contributed by atoms with Gasteiger partial charge in [0.25, 0.3) is 0 Å². The number of aryl methyl sites for hydroxylation is 2. The van der Waals surface area contributed by atoms with Gasteiger partial charge in [-0.1, -0.05) is 18.3 Å². The molecule has 8 nitrogen and oxygen atoms in total. The van der Waals surface area contributed by atoms with Gasteiger partial charge in [0.2, 0.25) is 5.13 Å². The normalized spacial score (nSPS) is 17.7. The second kappa shape index (κ2) is 7.46. The molecule has 1 fully saturated rings. The van der Waals surface area contributed by atoms with Gasteiger partial charge in [-0.05, 0) is 32.7 Å². The Morgan fingerprint density at radius 1 is 1.35 bits per heavy atom. The van der Waals surface area contributed by atoms with Crippen LogP contribution in [0.2, 0.25) is 0 Å². The summed E-state index contributed by atoms with van der Waals surface area (Å²) in [7, 11) is 0. The molecule has 0 aliphatic carbocycles. The van der Waals surface area contributed by atoms with Crippen LogP contribution in [0.15, 0.2) is 18.5 Å². The van der Waals surface area contributed by atoms with E-state index >= 15 is 0 Å². The number of anilines is 2. The molecule has 1 atom stereocenters. The van der Waals surface area contributed by atoms with Crippen LogP contribution in [-0.4, -0.2) is 41.6 Å². The van der Waals surface area contributed by atoms with E-state index in [0.29, 0.717) is 0 Å². The first-order chi connectivity index (χ1) is 12.7. The summed E-state index contributed by atoms with van der Waals surface area (Å²) in [6.45, 7) is 5.86. The van der Waals surface area contributed by atoms with Crippen LogP contribution in [0.3, 0.4) is 0 Å². The monoisotopic (exact) mass is 370 g/mol. The van der Waals surface area contributed by atoms with Crippen LogP contribution < -0.4 is 5.32 Å². The highest BCUT2D eigenvalue weighted by molar-refractivity contribution is 7.15. The zero-order chi connectivity index (χ0) is 17.9. The van der Waals surface area contributed by atoms with E-state index in [1.54, 1.807) is 17.5 Å². The molecule has 0 aromatic carbocycles. The van der Waals surface area contributed by atoms with Crippen molar-refractivity contribution in [2.75, 3.05) is 11.9 Å². The number of imidazole rings is 1. The summed E-state index contributed by atoms with van der Waals surface area (Å²) in [6, 6.07) is 2.31. The summed E-state index contributed by atoms with van der Waals surface area (Å²) in [5.74, 6) is 2.52. The fourth-order valence-corrected chi connectivity index (χ4v) is 4.00. The molecule has 1 saturated heterocycles. The lowest BCUT2D eigenvalue weighted by Crippen LogP contribution is -2.24. The van der Waals surface area contributed by atoms with E-state index in [-0.39, 0.29) is 6.04 Å². The fraction of sp³-hybridized carbons (Fsp3) is 0.471. The van der Waals surface area contributed by atoms with Crippen LogP contribution in [0.5, 0.6) is 0 Å². The Bertz CT molecular complexity index is 860. The van der Waals surface area contributed by atoms with E-state index in [2.05, 4.69) is 42.3 Å². The average molecular weight is 370 g/mol. The molecule has 1 aliphatic heterocycles. The lowest BCUT2D eigenvalue weighted by atomic mass is 10.1. The van der Waals surface area contributed by atoms with Crippen molar-refractivity contribution in [3.8, 4) is 0 Å². The number of aromatic amines is 1. The standard InChI is InChI=1S/C17H22N8S/c1-3-16-23-24-17(26-16)22-14-9-12(20-11(2)21-14)13-5-4-8-25(13)10-15-18-6-7-19-15/h6-7,9,13H,3-5,8,10H2,1-2H3,(H,18,19)(H,20,21,22,24)/t13-/m1/s1. The summed E-state index contributed by atoms with van der Waals surface area (Å²) >= 11 is 1.56. The van der Waals surface area contributed by atoms with Crippen molar-refractivity contribution in [2.45, 2.75) is 45.7 Å².